The van der Waals surface area contributed by atoms with Crippen LogP contribution in [-0.4, -0.2) is 47.0 Å². The van der Waals surface area contributed by atoms with Gasteiger partial charge >= 0.3 is 5.97 Å². The highest BCUT2D eigenvalue weighted by molar-refractivity contribution is 7.89. The average Bonchev–Trinajstić information content (AvgIpc) is 3.24. The second-order valence-electron chi connectivity index (χ2n) is 7.60. The van der Waals surface area contributed by atoms with Crippen molar-refractivity contribution in [1.82, 2.24) is 9.46 Å². The van der Waals surface area contributed by atoms with E-state index in [0.29, 0.717) is 10.6 Å². The molecule has 0 radical (unpaired) electrons. The van der Waals surface area contributed by atoms with E-state index in [0.717, 1.165) is 10.4 Å². The molecule has 1 aliphatic heterocycles. The minimum absolute atomic E-state index is 0.0237. The molecule has 34 heavy (non-hydrogen) atoms. The number of carboxylic acid groups (broad SMARTS) is 1. The normalized spacial score (nSPS) is 15.4. The number of carbonyl (C=O) groups is 1. The lowest BCUT2D eigenvalue weighted by atomic mass is 9.91. The zero-order chi connectivity index (χ0) is 24.6. The predicted molar refractivity (Wildman–Crippen MR) is 123 cm³/mol. The van der Waals surface area contributed by atoms with E-state index in [2.05, 4.69) is 5.16 Å². The fourth-order valence-corrected chi connectivity index (χ4v) is 6.10. The van der Waals surface area contributed by atoms with Gasteiger partial charge in [-0.2, -0.15) is 4.31 Å². The van der Waals surface area contributed by atoms with Gasteiger partial charge in [-0.1, -0.05) is 40.5 Å². The molecule has 2 heterocycles. The number of piperidine rings is 1. The fourth-order valence-electron chi connectivity index (χ4n) is 3.98. The van der Waals surface area contributed by atoms with Crippen LogP contribution in [0, 0.1) is 10.1 Å². The third kappa shape index (κ3) is 4.39. The van der Waals surface area contributed by atoms with E-state index in [1.54, 1.807) is 12.1 Å². The zero-order valence-electron chi connectivity index (χ0n) is 17.3. The molecule has 10 nitrogen and oxygen atoms in total. The van der Waals surface area contributed by atoms with Gasteiger partial charge in [-0.05, 0) is 37.1 Å². The Kier molecular flexibility index (Phi) is 6.63. The minimum atomic E-state index is -4.12. The number of para-hydroxylation sites is 1. The number of aromatic carboxylic acids is 1. The lowest BCUT2D eigenvalue weighted by Gasteiger charge is -2.30. The molecule has 1 fully saturated rings. The summed E-state index contributed by atoms with van der Waals surface area (Å²) in [6.45, 7) is 0.0473. The number of hydrogen-bond acceptors (Lipinski definition) is 7. The van der Waals surface area contributed by atoms with Gasteiger partial charge < -0.3 is 9.63 Å². The largest absolute Gasteiger partial charge is 0.477 e. The minimum Gasteiger partial charge on any atom is -0.477 e. The SMILES string of the molecule is O=C(O)c1c(-c2ccc(Cl)cc2Cl)noc1C1CCN(S(=O)(=O)c2ccccc2[N+](=O)[O-])CC1. The number of rotatable bonds is 6. The molecule has 0 amide bonds. The first-order chi connectivity index (χ1) is 16.1. The second kappa shape index (κ2) is 9.34. The third-order valence-corrected chi connectivity index (χ3v) is 8.12. The van der Waals surface area contributed by atoms with Gasteiger partial charge in [0.05, 0.1) is 9.95 Å². The predicted octanol–water partition coefficient (Wildman–Crippen LogP) is 4.82. The van der Waals surface area contributed by atoms with Crippen LogP contribution in [0.3, 0.4) is 0 Å². The van der Waals surface area contributed by atoms with Gasteiger partial charge in [-0.15, -0.1) is 0 Å². The lowest BCUT2D eigenvalue weighted by molar-refractivity contribution is -0.387. The summed E-state index contributed by atoms with van der Waals surface area (Å²) in [7, 11) is -4.12. The van der Waals surface area contributed by atoms with Crippen molar-refractivity contribution in [3.05, 3.63) is 73.9 Å². The summed E-state index contributed by atoms with van der Waals surface area (Å²) >= 11 is 12.1. The van der Waals surface area contributed by atoms with Gasteiger partial charge in [-0.25, -0.2) is 13.2 Å². The van der Waals surface area contributed by atoms with Crippen LogP contribution >= 0.6 is 23.2 Å². The molecule has 0 bridgehead atoms. The highest BCUT2D eigenvalue weighted by Gasteiger charge is 2.37. The number of nitro benzene ring substituents is 1. The first kappa shape index (κ1) is 24.1. The summed E-state index contributed by atoms with van der Waals surface area (Å²) in [4.78, 5) is 22.2. The van der Waals surface area contributed by atoms with E-state index in [9.17, 15) is 28.4 Å². The summed E-state index contributed by atoms with van der Waals surface area (Å²) in [5.41, 5.74) is -0.254. The van der Waals surface area contributed by atoms with Gasteiger partial charge in [0.15, 0.2) is 10.7 Å². The highest BCUT2D eigenvalue weighted by Crippen LogP contribution is 2.39. The van der Waals surface area contributed by atoms with Crippen LogP contribution in [0.25, 0.3) is 11.3 Å². The lowest BCUT2D eigenvalue weighted by Crippen LogP contribution is -2.38. The summed E-state index contributed by atoms with van der Waals surface area (Å²) in [6, 6.07) is 9.70. The number of sulfonamides is 1. The van der Waals surface area contributed by atoms with Crippen LogP contribution in [0.5, 0.6) is 0 Å². The molecule has 1 aromatic heterocycles. The van der Waals surface area contributed by atoms with Crippen molar-refractivity contribution in [1.29, 1.82) is 0 Å². The Morgan fingerprint density at radius 2 is 1.85 bits per heavy atom. The average molecular weight is 526 g/mol. The van der Waals surface area contributed by atoms with E-state index in [1.165, 1.54) is 24.3 Å². The molecule has 2 aromatic carbocycles. The van der Waals surface area contributed by atoms with Crippen molar-refractivity contribution in [3.8, 4) is 11.3 Å². The molecule has 13 heteroatoms. The zero-order valence-corrected chi connectivity index (χ0v) is 19.7. The first-order valence-electron chi connectivity index (χ1n) is 10.0. The maximum atomic E-state index is 13.1. The topological polar surface area (TPSA) is 144 Å². The Labute approximate surface area is 203 Å². The molecule has 0 saturated carbocycles. The quantitative estimate of drug-likeness (QED) is 0.356. The molecule has 0 aliphatic carbocycles. The molecule has 1 aliphatic rings. The van der Waals surface area contributed by atoms with E-state index in [4.69, 9.17) is 27.7 Å². The van der Waals surface area contributed by atoms with Crippen molar-refractivity contribution in [3.63, 3.8) is 0 Å². The summed E-state index contributed by atoms with van der Waals surface area (Å²) in [5.74, 6) is -1.56. The summed E-state index contributed by atoms with van der Waals surface area (Å²) < 4.78 is 32.7. The molecule has 4 rings (SSSR count). The number of nitrogens with zero attached hydrogens (tertiary/aromatic N) is 3. The Hall–Kier alpha value is -2.99. The maximum absolute atomic E-state index is 13.1. The molecule has 0 spiro atoms. The number of aromatic nitrogens is 1. The Morgan fingerprint density at radius 1 is 1.18 bits per heavy atom. The maximum Gasteiger partial charge on any atom is 0.341 e. The molecular weight excluding hydrogens is 509 g/mol. The molecule has 0 unspecified atom stereocenters. The molecule has 1 saturated heterocycles. The van der Waals surface area contributed by atoms with Crippen molar-refractivity contribution in [2.24, 2.45) is 0 Å². The van der Waals surface area contributed by atoms with Crippen molar-refractivity contribution < 1.29 is 27.8 Å². The van der Waals surface area contributed by atoms with Crippen molar-refractivity contribution in [2.45, 2.75) is 23.7 Å². The number of halogens is 2. The van der Waals surface area contributed by atoms with Gasteiger partial charge in [0.1, 0.15) is 11.3 Å². The van der Waals surface area contributed by atoms with Gasteiger partial charge in [-0.3, -0.25) is 10.1 Å². The van der Waals surface area contributed by atoms with E-state index < -0.39 is 32.5 Å². The molecule has 178 valence electrons. The molecular formula is C21H17Cl2N3O7S. The number of nitro groups is 1. The van der Waals surface area contributed by atoms with Crippen LogP contribution in [0.2, 0.25) is 10.0 Å². The second-order valence-corrected chi connectivity index (χ2v) is 10.4. The third-order valence-electron chi connectivity index (χ3n) is 5.62. The Morgan fingerprint density at radius 3 is 2.47 bits per heavy atom. The smallest absolute Gasteiger partial charge is 0.341 e. The molecule has 1 N–H and O–H groups in total. The highest BCUT2D eigenvalue weighted by atomic mass is 35.5. The summed E-state index contributed by atoms with van der Waals surface area (Å²) in [5, 5.41) is 25.6. The first-order valence-corrected chi connectivity index (χ1v) is 12.2. The van der Waals surface area contributed by atoms with E-state index in [-0.39, 0.29) is 52.9 Å². The number of benzene rings is 2. The standard InChI is InChI=1S/C21H17Cl2N3O7S/c22-13-5-6-14(15(23)11-13)19-18(21(27)28)20(33-24-19)12-7-9-25(10-8-12)34(31,32)17-4-2-1-3-16(17)26(29)30/h1-6,11-12H,7-10H2,(H,27,28). The van der Waals surface area contributed by atoms with Gasteiger partial charge in [0.25, 0.3) is 5.69 Å². The van der Waals surface area contributed by atoms with Crippen LogP contribution in [0.15, 0.2) is 51.9 Å². The Bertz CT molecular complexity index is 1380. The van der Waals surface area contributed by atoms with Gasteiger partial charge in [0.2, 0.25) is 10.0 Å². The number of hydrogen-bond donors (Lipinski definition) is 1. The molecule has 3 aromatic rings. The fraction of sp³-hybridized carbons (Fsp3) is 0.238. The van der Waals surface area contributed by atoms with E-state index in [1.807, 2.05) is 0 Å². The van der Waals surface area contributed by atoms with Crippen molar-refractivity contribution in [2.75, 3.05) is 13.1 Å². The van der Waals surface area contributed by atoms with Gasteiger partial charge in [0, 0.05) is 35.7 Å². The van der Waals surface area contributed by atoms with E-state index >= 15 is 0 Å². The monoisotopic (exact) mass is 525 g/mol. The van der Waals surface area contributed by atoms with Crippen LogP contribution < -0.4 is 0 Å². The van der Waals surface area contributed by atoms with Crippen LogP contribution in [0.4, 0.5) is 5.69 Å². The summed E-state index contributed by atoms with van der Waals surface area (Å²) in [6.07, 6.45) is 0.478. The van der Waals surface area contributed by atoms with Crippen LogP contribution in [0.1, 0.15) is 34.9 Å². The van der Waals surface area contributed by atoms with Crippen molar-refractivity contribution >= 4 is 44.9 Å². The number of carboxylic acids is 1. The Balaban J connectivity index is 1.60. The van der Waals surface area contributed by atoms with Crippen LogP contribution in [-0.2, 0) is 10.0 Å². The molecule has 0 atom stereocenters.